The summed E-state index contributed by atoms with van der Waals surface area (Å²) in [5.41, 5.74) is 3.63. The molecule has 1 amide bonds. The van der Waals surface area contributed by atoms with Gasteiger partial charge in [-0.1, -0.05) is 46.7 Å². The van der Waals surface area contributed by atoms with Crippen molar-refractivity contribution >= 4 is 23.5 Å². The van der Waals surface area contributed by atoms with Crippen molar-refractivity contribution in [1.29, 1.82) is 0 Å². The van der Waals surface area contributed by atoms with E-state index >= 15 is 0 Å². The van der Waals surface area contributed by atoms with Gasteiger partial charge in [0.25, 0.3) is 5.91 Å². The molecule has 1 N–H and O–H groups in total. The fourth-order valence-corrected chi connectivity index (χ4v) is 3.79. The number of anilines is 1. The Bertz CT molecular complexity index is 1150. The van der Waals surface area contributed by atoms with Crippen LogP contribution in [0.25, 0.3) is 0 Å². The maximum atomic E-state index is 13.0. The van der Waals surface area contributed by atoms with E-state index in [9.17, 15) is 4.79 Å². The number of hydrogen-bond acceptors (Lipinski definition) is 6. The quantitative estimate of drug-likeness (QED) is 0.445. The van der Waals surface area contributed by atoms with E-state index in [0.717, 1.165) is 17.0 Å². The number of hydrogen-bond donors (Lipinski definition) is 1. The molecule has 152 valence electrons. The number of nitrogens with one attached hydrogen (secondary N) is 1. The van der Waals surface area contributed by atoms with Gasteiger partial charge in [0.05, 0.1) is 24.0 Å². The van der Waals surface area contributed by atoms with Gasteiger partial charge in [0.2, 0.25) is 0 Å². The Kier molecular flexibility index (Phi) is 5.94. The summed E-state index contributed by atoms with van der Waals surface area (Å²) < 4.78 is 6.86. The van der Waals surface area contributed by atoms with Gasteiger partial charge in [0.1, 0.15) is 16.6 Å². The summed E-state index contributed by atoms with van der Waals surface area (Å²) in [5.74, 6) is 1.73. The molecule has 0 radical (unpaired) electrons. The normalized spacial score (nSPS) is 10.9. The van der Waals surface area contributed by atoms with Gasteiger partial charge < -0.3 is 9.84 Å². The molecule has 30 heavy (non-hydrogen) atoms. The van der Waals surface area contributed by atoms with E-state index in [1.165, 1.54) is 17.3 Å². The molecule has 0 unspecified atom stereocenters. The average molecular weight is 420 g/mol. The van der Waals surface area contributed by atoms with Gasteiger partial charge in [-0.3, -0.25) is 4.79 Å². The minimum absolute atomic E-state index is 0.229. The predicted molar refractivity (Wildman–Crippen MR) is 115 cm³/mol. The first-order valence-electron chi connectivity index (χ1n) is 9.47. The van der Waals surface area contributed by atoms with Crippen molar-refractivity contribution in [2.45, 2.75) is 31.2 Å². The van der Waals surface area contributed by atoms with Gasteiger partial charge in [0, 0.05) is 24.1 Å². The molecule has 0 saturated carbocycles. The maximum Gasteiger partial charge on any atom is 0.259 e. The van der Waals surface area contributed by atoms with Crippen LogP contribution in [0, 0.1) is 13.8 Å². The van der Waals surface area contributed by atoms with Gasteiger partial charge in [-0.25, -0.2) is 9.67 Å². The first kappa shape index (κ1) is 19.9. The molecule has 4 aromatic rings. The highest BCUT2D eigenvalue weighted by Gasteiger charge is 2.16. The molecule has 0 aliphatic heterocycles. The third kappa shape index (κ3) is 4.77. The van der Waals surface area contributed by atoms with Crippen molar-refractivity contribution in [2.24, 2.45) is 0 Å². The number of thioether (sulfide) groups is 1. The van der Waals surface area contributed by atoms with Crippen molar-refractivity contribution in [3.63, 3.8) is 0 Å². The number of pyridine rings is 1. The monoisotopic (exact) mass is 419 g/mol. The summed E-state index contributed by atoms with van der Waals surface area (Å²) >= 11 is 1.45. The second kappa shape index (κ2) is 8.96. The van der Waals surface area contributed by atoms with Gasteiger partial charge in [-0.05, 0) is 31.5 Å². The van der Waals surface area contributed by atoms with Gasteiger partial charge >= 0.3 is 0 Å². The number of aromatic nitrogens is 4. The minimum Gasteiger partial charge on any atom is -0.361 e. The summed E-state index contributed by atoms with van der Waals surface area (Å²) in [5, 5.41) is 11.9. The van der Waals surface area contributed by atoms with Crippen LogP contribution in [0.2, 0.25) is 0 Å². The van der Waals surface area contributed by atoms with Crippen molar-refractivity contribution in [3.8, 4) is 0 Å². The van der Waals surface area contributed by atoms with Gasteiger partial charge in [-0.15, -0.1) is 0 Å². The number of benzene rings is 1. The Morgan fingerprint density at radius 1 is 1.13 bits per heavy atom. The Morgan fingerprint density at radius 3 is 2.73 bits per heavy atom. The summed E-state index contributed by atoms with van der Waals surface area (Å²) in [6.45, 7) is 4.47. The fraction of sp³-hybridized carbons (Fsp3) is 0.182. The number of aryl methyl sites for hydroxylation is 2. The zero-order chi connectivity index (χ0) is 20.9. The van der Waals surface area contributed by atoms with Crippen molar-refractivity contribution in [2.75, 3.05) is 5.32 Å². The number of carbonyl (C=O) groups is 1. The van der Waals surface area contributed by atoms with E-state index in [1.807, 2.05) is 13.0 Å². The van der Waals surface area contributed by atoms with E-state index in [0.29, 0.717) is 28.7 Å². The molecule has 0 fully saturated rings. The van der Waals surface area contributed by atoms with Crippen LogP contribution < -0.4 is 5.32 Å². The first-order chi connectivity index (χ1) is 14.6. The predicted octanol–water partition coefficient (Wildman–Crippen LogP) is 4.48. The molecular formula is C22H21N5O2S. The van der Waals surface area contributed by atoms with Crippen LogP contribution in [0.1, 0.15) is 32.9 Å². The van der Waals surface area contributed by atoms with Crippen LogP contribution in [0.5, 0.6) is 0 Å². The molecule has 3 heterocycles. The van der Waals surface area contributed by atoms with Crippen molar-refractivity contribution in [3.05, 3.63) is 89.1 Å². The first-order valence-corrected chi connectivity index (χ1v) is 10.5. The maximum absolute atomic E-state index is 13.0. The SMILES string of the molecule is Cc1ccc(Cn2nccc2NC(=O)c2cccnc2SCc2cc(C)on2)cc1. The lowest BCUT2D eigenvalue weighted by molar-refractivity contribution is 0.102. The Labute approximate surface area is 178 Å². The smallest absolute Gasteiger partial charge is 0.259 e. The summed E-state index contributed by atoms with van der Waals surface area (Å²) in [7, 11) is 0. The lowest BCUT2D eigenvalue weighted by atomic mass is 10.1. The minimum atomic E-state index is -0.229. The van der Waals surface area contributed by atoms with E-state index in [1.54, 1.807) is 35.3 Å². The summed E-state index contributed by atoms with van der Waals surface area (Å²) in [6.07, 6.45) is 3.35. The zero-order valence-electron chi connectivity index (χ0n) is 16.7. The van der Waals surface area contributed by atoms with E-state index < -0.39 is 0 Å². The molecule has 0 atom stereocenters. The van der Waals surface area contributed by atoms with Crippen LogP contribution in [0.15, 0.2) is 70.5 Å². The molecule has 8 heteroatoms. The molecule has 0 aliphatic carbocycles. The molecule has 0 saturated heterocycles. The zero-order valence-corrected chi connectivity index (χ0v) is 17.5. The molecule has 3 aromatic heterocycles. The van der Waals surface area contributed by atoms with Crippen molar-refractivity contribution < 1.29 is 9.32 Å². The van der Waals surface area contributed by atoms with Crippen LogP contribution in [-0.4, -0.2) is 25.8 Å². The molecule has 4 rings (SSSR count). The van der Waals surface area contributed by atoms with Gasteiger partial charge in [0.15, 0.2) is 0 Å². The third-order valence-electron chi connectivity index (χ3n) is 4.46. The molecular weight excluding hydrogens is 398 g/mol. The van der Waals surface area contributed by atoms with E-state index in [2.05, 4.69) is 51.7 Å². The fourth-order valence-electron chi connectivity index (χ4n) is 2.92. The average Bonchev–Trinajstić information content (AvgIpc) is 3.37. The van der Waals surface area contributed by atoms with E-state index in [-0.39, 0.29) is 5.91 Å². The molecule has 0 aliphatic rings. The number of rotatable bonds is 7. The molecule has 7 nitrogen and oxygen atoms in total. The number of carbonyl (C=O) groups excluding carboxylic acids is 1. The second-order valence-corrected chi connectivity index (χ2v) is 7.85. The van der Waals surface area contributed by atoms with Crippen LogP contribution >= 0.6 is 11.8 Å². The lowest BCUT2D eigenvalue weighted by Gasteiger charge is -2.11. The van der Waals surface area contributed by atoms with Gasteiger partial charge in [-0.2, -0.15) is 5.10 Å². The van der Waals surface area contributed by atoms with Crippen molar-refractivity contribution in [1.82, 2.24) is 19.9 Å². The molecule has 1 aromatic carbocycles. The topological polar surface area (TPSA) is 85.8 Å². The van der Waals surface area contributed by atoms with Crippen LogP contribution in [-0.2, 0) is 12.3 Å². The standard InChI is InChI=1S/C22H21N5O2S/c1-15-5-7-17(8-6-15)13-27-20(9-11-24-27)25-21(28)19-4-3-10-23-22(19)30-14-18-12-16(2)29-26-18/h3-12H,13-14H2,1-2H3,(H,25,28). The van der Waals surface area contributed by atoms with E-state index in [4.69, 9.17) is 4.52 Å². The summed E-state index contributed by atoms with van der Waals surface area (Å²) in [6, 6.07) is 15.4. The third-order valence-corrected chi connectivity index (χ3v) is 5.50. The Balaban J connectivity index is 1.47. The number of amides is 1. The van der Waals surface area contributed by atoms with Crippen LogP contribution in [0.3, 0.4) is 0 Å². The summed E-state index contributed by atoms with van der Waals surface area (Å²) in [4.78, 5) is 17.3. The lowest BCUT2D eigenvalue weighted by Crippen LogP contribution is -2.17. The highest BCUT2D eigenvalue weighted by Crippen LogP contribution is 2.25. The van der Waals surface area contributed by atoms with Crippen LogP contribution in [0.4, 0.5) is 5.82 Å². The highest BCUT2D eigenvalue weighted by atomic mass is 32.2. The highest BCUT2D eigenvalue weighted by molar-refractivity contribution is 7.98. The molecule has 0 spiro atoms. The Hall–Kier alpha value is -3.39. The molecule has 0 bridgehead atoms. The largest absolute Gasteiger partial charge is 0.361 e. The number of nitrogens with zero attached hydrogens (tertiary/aromatic N) is 4. The second-order valence-electron chi connectivity index (χ2n) is 6.89. The Morgan fingerprint density at radius 2 is 1.97 bits per heavy atom.